The molecule has 5 heteroatoms. The summed E-state index contributed by atoms with van der Waals surface area (Å²) in [5.74, 6) is 0.101. The highest BCUT2D eigenvalue weighted by molar-refractivity contribution is 6.74. The predicted molar refractivity (Wildman–Crippen MR) is 85.6 cm³/mol. The van der Waals surface area contributed by atoms with Crippen molar-refractivity contribution in [2.75, 3.05) is 6.61 Å². The summed E-state index contributed by atoms with van der Waals surface area (Å²) >= 11 is 0. The van der Waals surface area contributed by atoms with Crippen LogP contribution in [0.25, 0.3) is 0 Å². The van der Waals surface area contributed by atoms with E-state index in [1.165, 1.54) is 6.07 Å². The minimum absolute atomic E-state index is 0.0347. The van der Waals surface area contributed by atoms with Crippen LogP contribution in [0.4, 0.5) is 0 Å². The summed E-state index contributed by atoms with van der Waals surface area (Å²) in [6.07, 6.45) is 0.713. The van der Waals surface area contributed by atoms with E-state index in [4.69, 9.17) is 9.16 Å². The van der Waals surface area contributed by atoms with E-state index in [0.29, 0.717) is 29.8 Å². The van der Waals surface area contributed by atoms with Crippen molar-refractivity contribution < 1.29 is 18.8 Å². The summed E-state index contributed by atoms with van der Waals surface area (Å²) in [5, 5.41) is 0.0347. The molecule has 0 aromatic heterocycles. The van der Waals surface area contributed by atoms with E-state index in [-0.39, 0.29) is 5.04 Å². The second-order valence-corrected chi connectivity index (χ2v) is 11.2. The Bertz CT molecular complexity index is 530. The van der Waals surface area contributed by atoms with Crippen molar-refractivity contribution in [1.82, 2.24) is 0 Å². The minimum atomic E-state index is -2.03. The normalized spacial score (nSPS) is 11.9. The average Bonchev–Trinajstić information content (AvgIpc) is 2.37. The van der Waals surface area contributed by atoms with Crippen LogP contribution in [-0.2, 0) is 4.74 Å². The van der Waals surface area contributed by atoms with Gasteiger partial charge in [0.2, 0.25) is 0 Å². The number of aldehydes is 1. The van der Waals surface area contributed by atoms with Gasteiger partial charge in [0.05, 0.1) is 17.7 Å². The van der Waals surface area contributed by atoms with E-state index in [2.05, 4.69) is 33.9 Å². The van der Waals surface area contributed by atoms with Crippen LogP contribution < -0.4 is 4.43 Å². The van der Waals surface area contributed by atoms with Gasteiger partial charge in [-0.3, -0.25) is 4.79 Å². The standard InChI is InChI=1S/C16H24O4Si/c1-7-19-15(18)12-8-9-14(13(10-12)11-17)20-21(5,6)16(2,3)4/h8-11H,7H2,1-6H3. The van der Waals surface area contributed by atoms with Crippen LogP contribution in [0, 0.1) is 0 Å². The summed E-state index contributed by atoms with van der Waals surface area (Å²) < 4.78 is 11.1. The fourth-order valence-electron chi connectivity index (χ4n) is 1.50. The van der Waals surface area contributed by atoms with Crippen LogP contribution in [0.5, 0.6) is 5.75 Å². The lowest BCUT2D eigenvalue weighted by atomic mass is 10.1. The maximum atomic E-state index is 11.7. The van der Waals surface area contributed by atoms with Gasteiger partial charge in [0.25, 0.3) is 8.32 Å². The molecule has 1 aromatic rings. The summed E-state index contributed by atoms with van der Waals surface area (Å²) in [7, 11) is -2.03. The van der Waals surface area contributed by atoms with E-state index in [9.17, 15) is 9.59 Å². The van der Waals surface area contributed by atoms with Crippen LogP contribution in [0.1, 0.15) is 48.4 Å². The lowest BCUT2D eigenvalue weighted by Crippen LogP contribution is -2.44. The molecule has 116 valence electrons. The number of rotatable bonds is 5. The third-order valence-electron chi connectivity index (χ3n) is 3.82. The van der Waals surface area contributed by atoms with Crippen LogP contribution in [0.2, 0.25) is 18.1 Å². The van der Waals surface area contributed by atoms with E-state index >= 15 is 0 Å². The monoisotopic (exact) mass is 308 g/mol. The zero-order valence-electron chi connectivity index (χ0n) is 13.6. The number of carbonyl (C=O) groups is 2. The quantitative estimate of drug-likeness (QED) is 0.467. The first-order chi connectivity index (χ1) is 9.62. The molecule has 0 saturated heterocycles. The van der Waals surface area contributed by atoms with Crippen molar-refractivity contribution in [3.05, 3.63) is 29.3 Å². The largest absolute Gasteiger partial charge is 0.543 e. The van der Waals surface area contributed by atoms with Gasteiger partial charge in [0, 0.05) is 0 Å². The van der Waals surface area contributed by atoms with Crippen molar-refractivity contribution in [2.45, 2.75) is 45.8 Å². The van der Waals surface area contributed by atoms with E-state index in [1.54, 1.807) is 19.1 Å². The maximum Gasteiger partial charge on any atom is 0.338 e. The van der Waals surface area contributed by atoms with Gasteiger partial charge in [-0.1, -0.05) is 20.8 Å². The van der Waals surface area contributed by atoms with Crippen molar-refractivity contribution >= 4 is 20.6 Å². The first kappa shape index (κ1) is 17.4. The molecule has 0 spiro atoms. The van der Waals surface area contributed by atoms with Gasteiger partial charge in [-0.15, -0.1) is 0 Å². The Labute approximate surface area is 127 Å². The Kier molecular flexibility index (Phi) is 5.34. The smallest absolute Gasteiger partial charge is 0.338 e. The van der Waals surface area contributed by atoms with Gasteiger partial charge >= 0.3 is 5.97 Å². The number of esters is 1. The highest BCUT2D eigenvalue weighted by Crippen LogP contribution is 2.38. The number of carbonyl (C=O) groups excluding carboxylic acids is 2. The van der Waals surface area contributed by atoms with E-state index < -0.39 is 14.3 Å². The van der Waals surface area contributed by atoms with E-state index in [0.717, 1.165) is 0 Å². The number of ether oxygens (including phenoxy) is 1. The molecule has 0 radical (unpaired) electrons. The topological polar surface area (TPSA) is 52.6 Å². The Balaban J connectivity index is 3.11. The van der Waals surface area contributed by atoms with Crippen LogP contribution in [0.3, 0.4) is 0 Å². The molecule has 0 unspecified atom stereocenters. The molecule has 0 aliphatic rings. The van der Waals surface area contributed by atoms with Crippen molar-refractivity contribution in [2.24, 2.45) is 0 Å². The molecule has 0 aliphatic carbocycles. The summed E-state index contributed by atoms with van der Waals surface area (Å²) in [4.78, 5) is 23.0. The molecule has 4 nitrogen and oxygen atoms in total. The van der Waals surface area contributed by atoms with E-state index in [1.807, 2.05) is 0 Å². The average molecular weight is 308 g/mol. The van der Waals surface area contributed by atoms with Crippen LogP contribution in [-0.4, -0.2) is 27.2 Å². The van der Waals surface area contributed by atoms with Gasteiger partial charge in [0.15, 0.2) is 6.29 Å². The molecule has 1 aromatic carbocycles. The minimum Gasteiger partial charge on any atom is -0.543 e. The predicted octanol–water partition coefficient (Wildman–Crippen LogP) is 4.06. The van der Waals surface area contributed by atoms with Crippen molar-refractivity contribution in [3.8, 4) is 5.75 Å². The fourth-order valence-corrected chi connectivity index (χ4v) is 2.54. The molecule has 0 saturated carbocycles. The Morgan fingerprint density at radius 3 is 2.38 bits per heavy atom. The molecule has 0 fully saturated rings. The first-order valence-electron chi connectivity index (χ1n) is 7.07. The van der Waals surface area contributed by atoms with Crippen LogP contribution in [0.15, 0.2) is 18.2 Å². The molecule has 0 bridgehead atoms. The van der Waals surface area contributed by atoms with Gasteiger partial charge in [-0.2, -0.15) is 0 Å². The number of hydrogen-bond acceptors (Lipinski definition) is 4. The molecule has 0 heterocycles. The third-order valence-corrected chi connectivity index (χ3v) is 8.16. The maximum absolute atomic E-state index is 11.7. The molecule has 0 aliphatic heterocycles. The van der Waals surface area contributed by atoms with Crippen LogP contribution >= 0.6 is 0 Å². The first-order valence-corrected chi connectivity index (χ1v) is 9.98. The Morgan fingerprint density at radius 1 is 1.29 bits per heavy atom. The molecular weight excluding hydrogens is 284 g/mol. The highest BCUT2D eigenvalue weighted by Gasteiger charge is 2.39. The van der Waals surface area contributed by atoms with Gasteiger partial charge in [-0.05, 0) is 43.3 Å². The molecule has 0 atom stereocenters. The van der Waals surface area contributed by atoms with Gasteiger partial charge in [-0.25, -0.2) is 4.79 Å². The van der Waals surface area contributed by atoms with Gasteiger partial charge in [0.1, 0.15) is 5.75 Å². The second kappa shape index (κ2) is 6.43. The van der Waals surface area contributed by atoms with Crippen molar-refractivity contribution in [3.63, 3.8) is 0 Å². The zero-order chi connectivity index (χ0) is 16.3. The fraction of sp³-hybridized carbons (Fsp3) is 0.500. The summed E-state index contributed by atoms with van der Waals surface area (Å²) in [6, 6.07) is 4.83. The third kappa shape index (κ3) is 4.17. The molecular formula is C16H24O4Si. The SMILES string of the molecule is CCOC(=O)c1ccc(O[Si](C)(C)C(C)(C)C)c(C=O)c1. The Morgan fingerprint density at radius 2 is 1.90 bits per heavy atom. The Hall–Kier alpha value is -1.62. The summed E-state index contributed by atoms with van der Waals surface area (Å²) in [6.45, 7) is 12.7. The number of benzene rings is 1. The molecule has 0 N–H and O–H groups in total. The molecule has 0 amide bonds. The zero-order valence-corrected chi connectivity index (χ0v) is 14.6. The summed E-state index contributed by atoms with van der Waals surface area (Å²) in [5.41, 5.74) is 0.743. The highest BCUT2D eigenvalue weighted by atomic mass is 28.4. The lowest BCUT2D eigenvalue weighted by molar-refractivity contribution is 0.0526. The lowest BCUT2D eigenvalue weighted by Gasteiger charge is -2.36. The van der Waals surface area contributed by atoms with Gasteiger partial charge < -0.3 is 9.16 Å². The number of hydrogen-bond donors (Lipinski definition) is 0. The molecule has 1 rings (SSSR count). The second-order valence-electron chi connectivity index (χ2n) is 6.45. The van der Waals surface area contributed by atoms with Crippen molar-refractivity contribution in [1.29, 1.82) is 0 Å². The molecule has 21 heavy (non-hydrogen) atoms.